The summed E-state index contributed by atoms with van der Waals surface area (Å²) >= 11 is 0. The van der Waals surface area contributed by atoms with Crippen LogP contribution in [-0.4, -0.2) is 47.8 Å². The van der Waals surface area contributed by atoms with Gasteiger partial charge in [-0.3, -0.25) is 25.5 Å². The maximum Gasteiger partial charge on any atom is 0.287 e. The van der Waals surface area contributed by atoms with Crippen LogP contribution in [0.5, 0.6) is 0 Å². The van der Waals surface area contributed by atoms with Gasteiger partial charge in [-0.05, 0) is 43.2 Å². The summed E-state index contributed by atoms with van der Waals surface area (Å²) in [5.74, 6) is -1.12. The fourth-order valence-corrected chi connectivity index (χ4v) is 5.00. The van der Waals surface area contributed by atoms with Crippen LogP contribution in [0.1, 0.15) is 40.1 Å². The Morgan fingerprint density at radius 2 is 1.53 bits per heavy atom. The molecule has 0 unspecified atom stereocenters. The standard InChI is InChI=1S/C22H23N5O4S/c28-21(17-9-11-18(12-10-17)32(30,31)27-13-5-2-6-14-27)25-26-22(29)20-15-19(23-24-20)16-7-3-1-4-8-16/h1,3-4,7-12,15H,2,5-6,13-14H2,(H,23,24)(H,25,28)(H,26,29). The number of rotatable bonds is 5. The molecule has 2 amide bonds. The lowest BCUT2D eigenvalue weighted by Gasteiger charge is -2.25. The topological polar surface area (TPSA) is 124 Å². The van der Waals surface area contributed by atoms with Crippen LogP contribution in [0.4, 0.5) is 0 Å². The first kappa shape index (κ1) is 21.7. The van der Waals surface area contributed by atoms with Gasteiger partial charge in [0.15, 0.2) is 0 Å². The van der Waals surface area contributed by atoms with Crippen molar-refractivity contribution in [2.24, 2.45) is 0 Å². The SMILES string of the molecule is O=C(NNC(=O)c1cc(-c2ccccc2)n[nH]1)c1ccc(S(=O)(=O)N2CCCCC2)cc1. The predicted octanol–water partition coefficient (Wildman–Crippen LogP) is 2.33. The Morgan fingerprint density at radius 3 is 2.22 bits per heavy atom. The molecule has 10 heteroatoms. The van der Waals surface area contributed by atoms with Gasteiger partial charge in [0.05, 0.1) is 10.6 Å². The normalized spacial score (nSPS) is 14.6. The number of benzene rings is 2. The largest absolute Gasteiger partial charge is 0.287 e. The Balaban J connectivity index is 1.36. The van der Waals surface area contributed by atoms with Crippen molar-refractivity contribution in [2.75, 3.05) is 13.1 Å². The number of nitrogens with zero attached hydrogens (tertiary/aromatic N) is 2. The number of amides is 2. The van der Waals surface area contributed by atoms with Crippen molar-refractivity contribution in [1.29, 1.82) is 0 Å². The molecular weight excluding hydrogens is 430 g/mol. The van der Waals surface area contributed by atoms with Crippen LogP contribution in [0.3, 0.4) is 0 Å². The summed E-state index contributed by atoms with van der Waals surface area (Å²) in [6.45, 7) is 1.02. The van der Waals surface area contributed by atoms with Gasteiger partial charge in [0.1, 0.15) is 5.69 Å². The smallest absolute Gasteiger partial charge is 0.272 e. The monoisotopic (exact) mass is 453 g/mol. The maximum atomic E-state index is 12.7. The number of carbonyl (C=O) groups excluding carboxylic acids is 2. The molecule has 1 saturated heterocycles. The van der Waals surface area contributed by atoms with Crippen molar-refractivity contribution in [2.45, 2.75) is 24.2 Å². The zero-order valence-corrected chi connectivity index (χ0v) is 18.1. The van der Waals surface area contributed by atoms with E-state index in [4.69, 9.17) is 0 Å². The number of aromatic amines is 1. The van der Waals surface area contributed by atoms with Crippen LogP contribution in [-0.2, 0) is 10.0 Å². The fraction of sp³-hybridized carbons (Fsp3) is 0.227. The number of hydrogen-bond donors (Lipinski definition) is 3. The van der Waals surface area contributed by atoms with Gasteiger partial charge in [-0.15, -0.1) is 0 Å². The van der Waals surface area contributed by atoms with E-state index in [-0.39, 0.29) is 16.2 Å². The first-order valence-electron chi connectivity index (χ1n) is 10.3. The Labute approximate surface area is 185 Å². The third-order valence-corrected chi connectivity index (χ3v) is 7.16. The second-order valence-corrected chi connectivity index (χ2v) is 9.37. The zero-order valence-electron chi connectivity index (χ0n) is 17.2. The Hall–Kier alpha value is -3.50. The van der Waals surface area contributed by atoms with Crippen molar-refractivity contribution in [3.05, 3.63) is 71.9 Å². The van der Waals surface area contributed by atoms with Crippen LogP contribution in [0.15, 0.2) is 65.6 Å². The third kappa shape index (κ3) is 4.71. The number of H-pyrrole nitrogens is 1. The number of carbonyl (C=O) groups is 2. The van der Waals surface area contributed by atoms with E-state index in [2.05, 4.69) is 21.0 Å². The highest BCUT2D eigenvalue weighted by Crippen LogP contribution is 2.21. The van der Waals surface area contributed by atoms with Gasteiger partial charge in [-0.1, -0.05) is 36.8 Å². The van der Waals surface area contributed by atoms with E-state index in [9.17, 15) is 18.0 Å². The van der Waals surface area contributed by atoms with E-state index in [1.54, 1.807) is 6.07 Å². The molecule has 3 N–H and O–H groups in total. The zero-order chi connectivity index (χ0) is 22.6. The summed E-state index contributed by atoms with van der Waals surface area (Å²) in [7, 11) is -3.57. The van der Waals surface area contributed by atoms with Gasteiger partial charge in [-0.2, -0.15) is 9.40 Å². The Morgan fingerprint density at radius 1 is 0.875 bits per heavy atom. The molecule has 0 bridgehead atoms. The molecule has 2 aromatic carbocycles. The molecule has 0 aliphatic carbocycles. The van der Waals surface area contributed by atoms with Gasteiger partial charge >= 0.3 is 0 Å². The Bertz CT molecular complexity index is 1200. The molecule has 0 saturated carbocycles. The molecule has 0 spiro atoms. The van der Waals surface area contributed by atoms with Gasteiger partial charge in [0, 0.05) is 24.2 Å². The van der Waals surface area contributed by atoms with Crippen molar-refractivity contribution >= 4 is 21.8 Å². The molecule has 3 aromatic rings. The highest BCUT2D eigenvalue weighted by Gasteiger charge is 2.26. The molecule has 1 aliphatic rings. The molecule has 2 heterocycles. The summed E-state index contributed by atoms with van der Waals surface area (Å²) in [5, 5.41) is 6.74. The van der Waals surface area contributed by atoms with E-state index >= 15 is 0 Å². The molecule has 32 heavy (non-hydrogen) atoms. The highest BCUT2D eigenvalue weighted by atomic mass is 32.2. The van der Waals surface area contributed by atoms with Gasteiger partial charge in [-0.25, -0.2) is 8.42 Å². The van der Waals surface area contributed by atoms with E-state index in [1.807, 2.05) is 30.3 Å². The molecule has 1 aliphatic heterocycles. The third-order valence-electron chi connectivity index (χ3n) is 5.25. The second-order valence-electron chi connectivity index (χ2n) is 7.43. The fourth-order valence-electron chi connectivity index (χ4n) is 3.48. The second kappa shape index (κ2) is 9.33. The highest BCUT2D eigenvalue weighted by molar-refractivity contribution is 7.89. The summed E-state index contributed by atoms with van der Waals surface area (Å²) in [6, 6.07) is 16.6. The molecule has 9 nitrogen and oxygen atoms in total. The van der Waals surface area contributed by atoms with E-state index in [1.165, 1.54) is 28.6 Å². The quantitative estimate of drug-likeness (QED) is 0.512. The van der Waals surface area contributed by atoms with Crippen molar-refractivity contribution in [3.63, 3.8) is 0 Å². The minimum Gasteiger partial charge on any atom is -0.272 e. The average molecular weight is 454 g/mol. The number of piperidine rings is 1. The summed E-state index contributed by atoms with van der Waals surface area (Å²) in [5.41, 5.74) is 6.51. The molecule has 1 aromatic heterocycles. The van der Waals surface area contributed by atoms with Gasteiger partial charge in [0.2, 0.25) is 10.0 Å². The Kier molecular flexibility index (Phi) is 6.33. The minimum absolute atomic E-state index is 0.144. The molecule has 4 rings (SSSR count). The molecular formula is C22H23N5O4S. The lowest BCUT2D eigenvalue weighted by molar-refractivity contribution is 0.0844. The average Bonchev–Trinajstić information content (AvgIpc) is 3.34. The predicted molar refractivity (Wildman–Crippen MR) is 118 cm³/mol. The van der Waals surface area contributed by atoms with Gasteiger partial charge in [0.25, 0.3) is 11.8 Å². The van der Waals surface area contributed by atoms with Crippen LogP contribution in [0, 0.1) is 0 Å². The van der Waals surface area contributed by atoms with Crippen LogP contribution in [0.25, 0.3) is 11.3 Å². The number of nitrogens with one attached hydrogen (secondary N) is 3. The minimum atomic E-state index is -3.57. The molecule has 0 atom stereocenters. The number of hydrogen-bond acceptors (Lipinski definition) is 5. The van der Waals surface area contributed by atoms with Crippen molar-refractivity contribution in [3.8, 4) is 11.3 Å². The lowest BCUT2D eigenvalue weighted by atomic mass is 10.1. The van der Waals surface area contributed by atoms with E-state index in [0.29, 0.717) is 18.8 Å². The van der Waals surface area contributed by atoms with Crippen LogP contribution >= 0.6 is 0 Å². The number of hydrazine groups is 1. The van der Waals surface area contributed by atoms with Gasteiger partial charge < -0.3 is 0 Å². The molecule has 166 valence electrons. The lowest BCUT2D eigenvalue weighted by Crippen LogP contribution is -2.41. The van der Waals surface area contributed by atoms with Crippen molar-refractivity contribution in [1.82, 2.24) is 25.4 Å². The summed E-state index contributed by atoms with van der Waals surface area (Å²) in [6.07, 6.45) is 2.73. The molecule has 1 fully saturated rings. The van der Waals surface area contributed by atoms with Crippen LogP contribution < -0.4 is 10.9 Å². The summed E-state index contributed by atoms with van der Waals surface area (Å²) in [4.78, 5) is 24.8. The van der Waals surface area contributed by atoms with E-state index < -0.39 is 21.8 Å². The van der Waals surface area contributed by atoms with Crippen LogP contribution in [0.2, 0.25) is 0 Å². The summed E-state index contributed by atoms with van der Waals surface area (Å²) < 4.78 is 26.9. The first-order chi connectivity index (χ1) is 15.4. The van der Waals surface area contributed by atoms with E-state index in [0.717, 1.165) is 24.8 Å². The number of aromatic nitrogens is 2. The maximum absolute atomic E-state index is 12.7. The first-order valence-corrected chi connectivity index (χ1v) is 11.7. The molecule has 0 radical (unpaired) electrons. The van der Waals surface area contributed by atoms with Crippen molar-refractivity contribution < 1.29 is 18.0 Å². The number of sulfonamides is 1.